The molecule has 2 aromatic rings. The van der Waals surface area contributed by atoms with Gasteiger partial charge in [0.2, 0.25) is 0 Å². The van der Waals surface area contributed by atoms with Gasteiger partial charge in [0.1, 0.15) is 12.2 Å². The van der Waals surface area contributed by atoms with E-state index in [0.717, 1.165) is 5.69 Å². The first-order valence-electron chi connectivity index (χ1n) is 7.46. The summed E-state index contributed by atoms with van der Waals surface area (Å²) in [7, 11) is -0.244. The number of hydrogen-bond acceptors (Lipinski definition) is 7. The molecule has 2 rings (SSSR count). The molecule has 0 amide bonds. The fourth-order valence-corrected chi connectivity index (χ4v) is 2.57. The smallest absolute Gasteiger partial charge is 0.387 e. The Bertz CT molecular complexity index is 782. The van der Waals surface area contributed by atoms with Crippen LogP contribution < -0.4 is 9.64 Å². The Kier molecular flexibility index (Phi) is 6.04. The zero-order chi connectivity index (χ0) is 17.6. The molecule has 1 aromatic heterocycles. The Hall–Kier alpha value is -2.26. The number of nitrogens with zero attached hydrogens (tertiary/aromatic N) is 4. The lowest BCUT2D eigenvalue weighted by molar-refractivity contribution is -0.853. The van der Waals surface area contributed by atoms with Gasteiger partial charge in [-0.05, 0) is 42.2 Å². The van der Waals surface area contributed by atoms with Crippen molar-refractivity contribution in [1.82, 2.24) is 0 Å². The quantitative estimate of drug-likeness (QED) is 0.314. The van der Waals surface area contributed by atoms with Crippen LogP contribution >= 0.6 is 0 Å². The molecular weight excluding hydrogens is 332 g/mol. The third kappa shape index (κ3) is 5.74. The average molecular weight is 352 g/mol. The minimum atomic E-state index is -4.17. The van der Waals surface area contributed by atoms with Crippen LogP contribution in [-0.2, 0) is 16.7 Å². The molecule has 0 N–H and O–H groups in total. The van der Waals surface area contributed by atoms with Crippen molar-refractivity contribution in [2.45, 2.75) is 19.4 Å². The van der Waals surface area contributed by atoms with Crippen LogP contribution in [0.4, 0.5) is 17.2 Å². The van der Waals surface area contributed by atoms with Crippen LogP contribution in [0, 0.1) is 0 Å². The van der Waals surface area contributed by atoms with Crippen LogP contribution in [0.1, 0.15) is 12.8 Å². The van der Waals surface area contributed by atoms with Crippen molar-refractivity contribution in [3.8, 4) is 0 Å². The molecule has 0 spiro atoms. The molecule has 0 saturated heterocycles. The maximum atomic E-state index is 10.6. The Morgan fingerprint density at radius 1 is 1.12 bits per heavy atom. The Morgan fingerprint density at radius 3 is 2.46 bits per heavy atom. The van der Waals surface area contributed by atoms with Crippen LogP contribution in [0.15, 0.2) is 51.3 Å². The third-order valence-electron chi connectivity index (χ3n) is 3.30. The van der Waals surface area contributed by atoms with Gasteiger partial charge in [-0.25, -0.2) is 8.42 Å². The van der Waals surface area contributed by atoms with Crippen LogP contribution in [0.2, 0.25) is 0 Å². The molecule has 130 valence electrons. The number of aromatic nitrogens is 1. The summed E-state index contributed by atoms with van der Waals surface area (Å²) in [5.74, 6) is 0.153. The first-order chi connectivity index (χ1) is 11.3. The molecule has 0 atom stereocenters. The predicted molar refractivity (Wildman–Crippen MR) is 87.6 cm³/mol. The summed E-state index contributed by atoms with van der Waals surface area (Å²) in [6.07, 6.45) is 2.26. The van der Waals surface area contributed by atoms with E-state index in [4.69, 9.17) is 4.52 Å². The van der Waals surface area contributed by atoms with Crippen molar-refractivity contribution in [3.63, 3.8) is 0 Å². The standard InChI is InChI=1S/C15H20N4O4S/c1-18(2)14-7-5-13(6-8-14)16-17-15-9-11-23-19(15)10-3-4-12-24(20,21)22/h5-9,11H,3-4,10,12H2,1-2H3. The lowest BCUT2D eigenvalue weighted by Gasteiger charge is -2.11. The highest BCUT2D eigenvalue weighted by Crippen LogP contribution is 2.20. The number of rotatable bonds is 8. The molecule has 0 aliphatic rings. The van der Waals surface area contributed by atoms with Crippen molar-refractivity contribution >= 4 is 27.3 Å². The van der Waals surface area contributed by atoms with E-state index < -0.39 is 10.1 Å². The molecule has 0 bridgehead atoms. The van der Waals surface area contributed by atoms with E-state index in [0.29, 0.717) is 24.5 Å². The minimum absolute atomic E-state index is 0.280. The maximum Gasteiger partial charge on any atom is 0.387 e. The van der Waals surface area contributed by atoms with Crippen LogP contribution in [0.3, 0.4) is 0 Å². The normalized spacial score (nSPS) is 12.0. The van der Waals surface area contributed by atoms with Gasteiger partial charge < -0.3 is 14.0 Å². The first kappa shape index (κ1) is 18.1. The van der Waals surface area contributed by atoms with Gasteiger partial charge in [-0.2, -0.15) is 0 Å². The van der Waals surface area contributed by atoms with Crippen LogP contribution in [0.25, 0.3) is 0 Å². The first-order valence-corrected chi connectivity index (χ1v) is 9.03. The summed E-state index contributed by atoms with van der Waals surface area (Å²) < 4.78 is 38.5. The van der Waals surface area contributed by atoms with E-state index in [-0.39, 0.29) is 12.2 Å². The lowest BCUT2D eigenvalue weighted by atomic mass is 10.3. The van der Waals surface area contributed by atoms with Crippen molar-refractivity contribution in [1.29, 1.82) is 0 Å². The zero-order valence-electron chi connectivity index (χ0n) is 13.6. The summed E-state index contributed by atoms with van der Waals surface area (Å²) in [5, 5.41) is 8.30. The van der Waals surface area contributed by atoms with Gasteiger partial charge in [0.15, 0.2) is 6.26 Å². The molecule has 9 heteroatoms. The molecule has 0 aliphatic carbocycles. The van der Waals surface area contributed by atoms with E-state index in [1.807, 2.05) is 43.3 Å². The van der Waals surface area contributed by atoms with Crippen molar-refractivity contribution in [3.05, 3.63) is 36.6 Å². The molecule has 1 aromatic carbocycles. The molecule has 0 unspecified atom stereocenters. The monoisotopic (exact) mass is 352 g/mol. The fourth-order valence-electron chi connectivity index (χ4n) is 2.01. The highest BCUT2D eigenvalue weighted by Gasteiger charge is 2.13. The van der Waals surface area contributed by atoms with Crippen molar-refractivity contribution < 1.29 is 22.2 Å². The number of benzene rings is 1. The molecular formula is C15H20N4O4S. The predicted octanol–water partition coefficient (Wildman–Crippen LogP) is 2.37. The van der Waals surface area contributed by atoms with Gasteiger partial charge in [0, 0.05) is 25.5 Å². The van der Waals surface area contributed by atoms with Gasteiger partial charge in [-0.1, -0.05) is 4.74 Å². The fraction of sp³-hybridized carbons (Fsp3) is 0.400. The summed E-state index contributed by atoms with van der Waals surface area (Å²) in [6.45, 7) is 0.427. The zero-order valence-corrected chi connectivity index (χ0v) is 14.4. The molecule has 0 aliphatic heterocycles. The summed E-state index contributed by atoms with van der Waals surface area (Å²) >= 11 is 0. The minimum Gasteiger partial charge on any atom is -0.748 e. The second-order valence-corrected chi connectivity index (χ2v) is 6.97. The Morgan fingerprint density at radius 2 is 1.83 bits per heavy atom. The van der Waals surface area contributed by atoms with E-state index >= 15 is 0 Å². The maximum absolute atomic E-state index is 10.6. The Labute approximate surface area is 141 Å². The van der Waals surface area contributed by atoms with Crippen LogP contribution in [-0.4, -0.2) is 32.8 Å². The van der Waals surface area contributed by atoms with E-state index in [1.54, 1.807) is 6.07 Å². The van der Waals surface area contributed by atoms with E-state index in [2.05, 4.69) is 10.2 Å². The summed E-state index contributed by atoms with van der Waals surface area (Å²) in [5.41, 5.74) is 1.78. The summed E-state index contributed by atoms with van der Waals surface area (Å²) in [4.78, 5) is 1.99. The number of unbranched alkanes of at least 4 members (excludes halogenated alkanes) is 1. The summed E-state index contributed by atoms with van der Waals surface area (Å²) in [6, 6.07) is 9.29. The average Bonchev–Trinajstić information content (AvgIpc) is 2.96. The Balaban J connectivity index is 1.94. The highest BCUT2D eigenvalue weighted by molar-refractivity contribution is 7.85. The second kappa shape index (κ2) is 8.02. The van der Waals surface area contributed by atoms with Gasteiger partial charge in [0.05, 0.1) is 21.3 Å². The molecule has 1 heterocycles. The second-order valence-electron chi connectivity index (χ2n) is 5.45. The highest BCUT2D eigenvalue weighted by atomic mass is 32.2. The van der Waals surface area contributed by atoms with Gasteiger partial charge in [0.25, 0.3) is 0 Å². The number of hydrogen-bond donors (Lipinski definition) is 0. The van der Waals surface area contributed by atoms with Crippen molar-refractivity contribution in [2.75, 3.05) is 24.7 Å². The lowest BCUT2D eigenvalue weighted by Crippen LogP contribution is -2.31. The van der Waals surface area contributed by atoms with Gasteiger partial charge in [-0.3, -0.25) is 0 Å². The molecule has 24 heavy (non-hydrogen) atoms. The van der Waals surface area contributed by atoms with Gasteiger partial charge >= 0.3 is 5.82 Å². The number of aryl methyl sites for hydroxylation is 1. The van der Waals surface area contributed by atoms with E-state index in [9.17, 15) is 13.0 Å². The largest absolute Gasteiger partial charge is 0.748 e. The van der Waals surface area contributed by atoms with Gasteiger partial charge in [-0.15, -0.1) is 0 Å². The van der Waals surface area contributed by atoms with Crippen molar-refractivity contribution in [2.24, 2.45) is 10.2 Å². The third-order valence-corrected chi connectivity index (χ3v) is 4.09. The number of anilines is 1. The van der Waals surface area contributed by atoms with E-state index in [1.165, 1.54) is 11.0 Å². The molecule has 0 radical (unpaired) electrons. The SMILES string of the molecule is CN(C)c1ccc(/N=N/c2cco[n+]2CCCCS(=O)(=O)[O-])cc1. The van der Waals surface area contributed by atoms with Crippen LogP contribution in [0.5, 0.6) is 0 Å². The molecule has 8 nitrogen and oxygen atoms in total. The molecule has 0 fully saturated rings. The molecule has 0 saturated carbocycles. The topological polar surface area (TPSA) is 102 Å². The number of azo groups is 1.